The molecule has 0 aliphatic rings. The summed E-state index contributed by atoms with van der Waals surface area (Å²) in [5.74, 6) is 0.829. The van der Waals surface area contributed by atoms with E-state index in [0.717, 1.165) is 11.3 Å². The number of nitrogens with two attached hydrogens (primary N) is 1. The normalized spacial score (nSPS) is 10.4. The van der Waals surface area contributed by atoms with E-state index in [-0.39, 0.29) is 5.91 Å². The number of hydrogen-bond donors (Lipinski definition) is 2. The number of thiocarbonyl (C=S) groups is 1. The minimum absolute atomic E-state index is 0.0297. The van der Waals surface area contributed by atoms with Crippen LogP contribution in [0.25, 0.3) is 0 Å². The van der Waals surface area contributed by atoms with Crippen molar-refractivity contribution in [3.8, 4) is 5.75 Å². The van der Waals surface area contributed by atoms with Crippen molar-refractivity contribution in [2.75, 3.05) is 33.3 Å². The fraction of sp³-hybridized carbons (Fsp3) is 0.467. The molecule has 0 bridgehead atoms. The minimum atomic E-state index is 0.0297. The van der Waals surface area contributed by atoms with Crippen molar-refractivity contribution in [3.63, 3.8) is 0 Å². The number of nitrogens with one attached hydrogen (secondary N) is 1. The van der Waals surface area contributed by atoms with Crippen molar-refractivity contribution < 1.29 is 9.53 Å². The van der Waals surface area contributed by atoms with Crippen LogP contribution in [0.4, 0.5) is 0 Å². The first kappa shape index (κ1) is 17.4. The molecule has 0 spiro atoms. The van der Waals surface area contributed by atoms with Crippen molar-refractivity contribution in [1.29, 1.82) is 0 Å². The van der Waals surface area contributed by atoms with Crippen LogP contribution >= 0.6 is 12.2 Å². The topological polar surface area (TPSA) is 67.6 Å². The lowest BCUT2D eigenvalue weighted by molar-refractivity contribution is -0.121. The largest absolute Gasteiger partial charge is 0.492 e. The quantitative estimate of drug-likeness (QED) is 0.665. The van der Waals surface area contributed by atoms with Gasteiger partial charge in [0.2, 0.25) is 5.91 Å². The SMILES string of the molecule is CCNC(=O)CN(C)CCOc1ccc(CC(N)=S)cc1. The van der Waals surface area contributed by atoms with Crippen molar-refractivity contribution in [1.82, 2.24) is 10.2 Å². The van der Waals surface area contributed by atoms with Crippen LogP contribution in [0.3, 0.4) is 0 Å². The average Bonchev–Trinajstić information content (AvgIpc) is 2.40. The molecule has 0 fully saturated rings. The van der Waals surface area contributed by atoms with Crippen LogP contribution < -0.4 is 15.8 Å². The van der Waals surface area contributed by atoms with Gasteiger partial charge < -0.3 is 15.8 Å². The predicted molar refractivity (Wildman–Crippen MR) is 88.6 cm³/mol. The molecule has 0 aliphatic carbocycles. The Balaban J connectivity index is 2.28. The van der Waals surface area contributed by atoms with E-state index in [9.17, 15) is 4.79 Å². The summed E-state index contributed by atoms with van der Waals surface area (Å²) in [6.07, 6.45) is 0.602. The van der Waals surface area contributed by atoms with Gasteiger partial charge in [-0.3, -0.25) is 9.69 Å². The molecule has 0 radical (unpaired) electrons. The Labute approximate surface area is 131 Å². The lowest BCUT2D eigenvalue weighted by Crippen LogP contribution is -2.36. The summed E-state index contributed by atoms with van der Waals surface area (Å²) in [6, 6.07) is 7.70. The monoisotopic (exact) mass is 309 g/mol. The van der Waals surface area contributed by atoms with E-state index in [4.69, 9.17) is 22.7 Å². The lowest BCUT2D eigenvalue weighted by atomic mass is 10.1. The highest BCUT2D eigenvalue weighted by atomic mass is 32.1. The molecule has 0 aromatic heterocycles. The molecule has 0 unspecified atom stereocenters. The van der Waals surface area contributed by atoms with Gasteiger partial charge in [-0.1, -0.05) is 24.4 Å². The van der Waals surface area contributed by atoms with Gasteiger partial charge in [-0.25, -0.2) is 0 Å². The molecule has 21 heavy (non-hydrogen) atoms. The number of nitrogens with zero attached hydrogens (tertiary/aromatic N) is 1. The molecule has 0 heterocycles. The molecule has 116 valence electrons. The Hall–Kier alpha value is -1.66. The van der Waals surface area contributed by atoms with Crippen LogP contribution in [0.15, 0.2) is 24.3 Å². The Morgan fingerprint density at radius 3 is 2.62 bits per heavy atom. The van der Waals surface area contributed by atoms with Gasteiger partial charge in [0.05, 0.1) is 11.5 Å². The van der Waals surface area contributed by atoms with Crippen molar-refractivity contribution in [2.24, 2.45) is 5.73 Å². The molecule has 6 heteroatoms. The van der Waals surface area contributed by atoms with Gasteiger partial charge in [-0.2, -0.15) is 0 Å². The van der Waals surface area contributed by atoms with E-state index in [1.807, 2.05) is 43.1 Å². The highest BCUT2D eigenvalue weighted by Gasteiger charge is 2.05. The zero-order chi connectivity index (χ0) is 15.7. The number of carbonyl (C=O) groups excluding carboxylic acids is 1. The number of likely N-dealkylation sites (N-methyl/N-ethyl adjacent to an activating group) is 2. The van der Waals surface area contributed by atoms with E-state index >= 15 is 0 Å². The zero-order valence-corrected chi connectivity index (χ0v) is 13.4. The van der Waals surface area contributed by atoms with Gasteiger partial charge in [0.1, 0.15) is 12.4 Å². The molecule has 0 aliphatic heterocycles. The van der Waals surface area contributed by atoms with E-state index in [1.54, 1.807) is 0 Å². The summed E-state index contributed by atoms with van der Waals surface area (Å²) in [7, 11) is 1.89. The van der Waals surface area contributed by atoms with Gasteiger partial charge in [0, 0.05) is 19.5 Å². The van der Waals surface area contributed by atoms with Gasteiger partial charge in [0.25, 0.3) is 0 Å². The number of amides is 1. The fourth-order valence-electron chi connectivity index (χ4n) is 1.80. The zero-order valence-electron chi connectivity index (χ0n) is 12.6. The van der Waals surface area contributed by atoms with Crippen molar-refractivity contribution in [2.45, 2.75) is 13.3 Å². The van der Waals surface area contributed by atoms with Crippen LogP contribution in [-0.2, 0) is 11.2 Å². The molecule has 1 aromatic rings. The predicted octanol–water partition coefficient (Wildman–Crippen LogP) is 0.962. The Morgan fingerprint density at radius 2 is 2.05 bits per heavy atom. The number of benzene rings is 1. The van der Waals surface area contributed by atoms with Crippen LogP contribution in [0.1, 0.15) is 12.5 Å². The van der Waals surface area contributed by atoms with Gasteiger partial charge in [0.15, 0.2) is 0 Å². The third-order valence-electron chi connectivity index (χ3n) is 2.83. The van der Waals surface area contributed by atoms with Crippen LogP contribution in [0, 0.1) is 0 Å². The summed E-state index contributed by atoms with van der Waals surface area (Å²) >= 11 is 4.87. The average molecular weight is 309 g/mol. The first-order valence-corrected chi connectivity index (χ1v) is 7.37. The first-order valence-electron chi connectivity index (χ1n) is 6.96. The van der Waals surface area contributed by atoms with Crippen molar-refractivity contribution >= 4 is 23.1 Å². The Morgan fingerprint density at radius 1 is 1.38 bits per heavy atom. The summed E-state index contributed by atoms with van der Waals surface area (Å²) < 4.78 is 5.64. The Bertz CT molecular complexity index is 462. The molecular formula is C15H23N3O2S. The summed E-state index contributed by atoms with van der Waals surface area (Å²) in [5.41, 5.74) is 6.57. The molecule has 1 aromatic carbocycles. The van der Waals surface area contributed by atoms with Gasteiger partial charge >= 0.3 is 0 Å². The van der Waals surface area contributed by atoms with Crippen LogP contribution in [-0.4, -0.2) is 49.1 Å². The lowest BCUT2D eigenvalue weighted by Gasteiger charge is -2.16. The molecule has 5 nitrogen and oxygen atoms in total. The van der Waals surface area contributed by atoms with E-state index < -0.39 is 0 Å². The molecular weight excluding hydrogens is 286 g/mol. The summed E-state index contributed by atoms with van der Waals surface area (Å²) in [4.78, 5) is 13.8. The second kappa shape index (κ2) is 9.31. The highest BCUT2D eigenvalue weighted by molar-refractivity contribution is 7.80. The van der Waals surface area contributed by atoms with Gasteiger partial charge in [-0.05, 0) is 31.7 Å². The maximum absolute atomic E-state index is 11.4. The summed E-state index contributed by atoms with van der Waals surface area (Å²) in [6.45, 7) is 4.16. The first-order chi connectivity index (χ1) is 10.0. The maximum Gasteiger partial charge on any atom is 0.234 e. The molecule has 3 N–H and O–H groups in total. The highest BCUT2D eigenvalue weighted by Crippen LogP contribution is 2.12. The Kier molecular flexibility index (Phi) is 7.71. The molecule has 1 rings (SSSR count). The fourth-order valence-corrected chi connectivity index (χ4v) is 1.97. The third-order valence-corrected chi connectivity index (χ3v) is 2.98. The number of hydrogen-bond acceptors (Lipinski definition) is 4. The van der Waals surface area contributed by atoms with Crippen molar-refractivity contribution in [3.05, 3.63) is 29.8 Å². The smallest absolute Gasteiger partial charge is 0.234 e. The summed E-state index contributed by atoms with van der Waals surface area (Å²) in [5, 5.41) is 2.76. The number of rotatable bonds is 9. The third kappa shape index (κ3) is 7.63. The molecule has 0 atom stereocenters. The minimum Gasteiger partial charge on any atom is -0.492 e. The second-order valence-electron chi connectivity index (χ2n) is 4.83. The second-order valence-corrected chi connectivity index (χ2v) is 5.35. The van der Waals surface area contributed by atoms with E-state index in [1.165, 1.54) is 0 Å². The molecule has 1 amide bonds. The van der Waals surface area contributed by atoms with Gasteiger partial charge in [-0.15, -0.1) is 0 Å². The van der Waals surface area contributed by atoms with Crippen LogP contribution in [0.5, 0.6) is 5.75 Å². The molecule has 0 saturated heterocycles. The number of carbonyl (C=O) groups is 1. The molecule has 0 saturated carbocycles. The van der Waals surface area contributed by atoms with Crippen LogP contribution in [0.2, 0.25) is 0 Å². The maximum atomic E-state index is 11.4. The van der Waals surface area contributed by atoms with E-state index in [2.05, 4.69) is 5.32 Å². The standard InChI is InChI=1S/C15H23N3O2S/c1-3-17-15(19)11-18(2)8-9-20-13-6-4-12(5-7-13)10-14(16)21/h4-7H,3,8-11H2,1-2H3,(H2,16,21)(H,17,19). The van der Waals surface area contributed by atoms with E-state index in [0.29, 0.717) is 37.7 Å². The number of ether oxygens (including phenoxy) is 1.